The van der Waals surface area contributed by atoms with E-state index in [0.717, 1.165) is 29.9 Å². The molecule has 0 bridgehead atoms. The summed E-state index contributed by atoms with van der Waals surface area (Å²) in [4.78, 5) is 7.79. The second kappa shape index (κ2) is 3.86. The molecule has 0 radical (unpaired) electrons. The Morgan fingerprint density at radius 3 is 3.12 bits per heavy atom. The highest BCUT2D eigenvalue weighted by Gasteiger charge is 2.28. The number of fused-ring (bicyclic) bond motifs is 1. The summed E-state index contributed by atoms with van der Waals surface area (Å²) in [5.41, 5.74) is 2.44. The normalized spacial score (nSPS) is 24.0. The first-order chi connectivity index (χ1) is 8.28. The van der Waals surface area contributed by atoms with Crippen molar-refractivity contribution in [2.75, 3.05) is 6.61 Å². The minimum atomic E-state index is 0.0629. The lowest BCUT2D eigenvalue weighted by molar-refractivity contribution is 0.0883. The van der Waals surface area contributed by atoms with Crippen molar-refractivity contribution in [1.82, 2.24) is 9.97 Å². The summed E-state index contributed by atoms with van der Waals surface area (Å²) < 4.78 is 5.68. The van der Waals surface area contributed by atoms with Crippen molar-refractivity contribution in [3.8, 4) is 6.07 Å². The van der Waals surface area contributed by atoms with Gasteiger partial charge in [0.25, 0.3) is 0 Å². The van der Waals surface area contributed by atoms with E-state index in [1.807, 2.05) is 12.1 Å². The Labute approximate surface area is 99.2 Å². The van der Waals surface area contributed by atoms with Crippen LogP contribution in [0.1, 0.15) is 30.8 Å². The van der Waals surface area contributed by atoms with Crippen LogP contribution in [0.15, 0.2) is 18.2 Å². The maximum atomic E-state index is 8.85. The molecule has 0 amide bonds. The third-order valence-electron chi connectivity index (χ3n) is 3.29. The Balaban J connectivity index is 2.04. The average molecular weight is 227 g/mol. The number of hydrogen-bond donors (Lipinski definition) is 1. The van der Waals surface area contributed by atoms with E-state index in [4.69, 9.17) is 10.00 Å². The molecule has 3 rings (SSSR count). The van der Waals surface area contributed by atoms with Gasteiger partial charge in [0.15, 0.2) is 0 Å². The molecule has 1 aromatic heterocycles. The van der Waals surface area contributed by atoms with E-state index in [1.165, 1.54) is 0 Å². The SMILES string of the molecule is CC1CCOC1c1nc2ccc(C#N)cc2[nH]1. The summed E-state index contributed by atoms with van der Waals surface area (Å²) in [5, 5.41) is 8.85. The molecule has 2 aromatic rings. The molecule has 1 aliphatic rings. The fraction of sp³-hybridized carbons (Fsp3) is 0.385. The highest BCUT2D eigenvalue weighted by molar-refractivity contribution is 5.76. The van der Waals surface area contributed by atoms with Gasteiger partial charge < -0.3 is 9.72 Å². The van der Waals surface area contributed by atoms with Gasteiger partial charge in [-0.1, -0.05) is 6.92 Å². The lowest BCUT2D eigenvalue weighted by Gasteiger charge is -2.10. The summed E-state index contributed by atoms with van der Waals surface area (Å²) >= 11 is 0. The van der Waals surface area contributed by atoms with E-state index in [0.29, 0.717) is 11.5 Å². The lowest BCUT2D eigenvalue weighted by Crippen LogP contribution is -2.05. The Kier molecular flexibility index (Phi) is 2.34. The van der Waals surface area contributed by atoms with Gasteiger partial charge in [-0.2, -0.15) is 5.26 Å². The van der Waals surface area contributed by atoms with Crippen LogP contribution >= 0.6 is 0 Å². The molecule has 1 N–H and O–H groups in total. The van der Waals surface area contributed by atoms with Crippen molar-refractivity contribution in [1.29, 1.82) is 5.26 Å². The quantitative estimate of drug-likeness (QED) is 0.814. The Morgan fingerprint density at radius 1 is 1.53 bits per heavy atom. The molecule has 0 spiro atoms. The van der Waals surface area contributed by atoms with E-state index in [9.17, 15) is 0 Å². The van der Waals surface area contributed by atoms with Crippen molar-refractivity contribution in [2.45, 2.75) is 19.4 Å². The molecule has 0 saturated carbocycles. The number of imidazole rings is 1. The van der Waals surface area contributed by atoms with Gasteiger partial charge in [0.05, 0.1) is 22.7 Å². The van der Waals surface area contributed by atoms with Crippen molar-refractivity contribution < 1.29 is 4.74 Å². The van der Waals surface area contributed by atoms with Gasteiger partial charge in [-0.25, -0.2) is 4.98 Å². The van der Waals surface area contributed by atoms with Crippen molar-refractivity contribution in [3.05, 3.63) is 29.6 Å². The summed E-state index contributed by atoms with van der Waals surface area (Å²) in [6.45, 7) is 2.97. The number of aromatic nitrogens is 2. The van der Waals surface area contributed by atoms with Crippen molar-refractivity contribution in [3.63, 3.8) is 0 Å². The van der Waals surface area contributed by atoms with E-state index in [2.05, 4.69) is 23.0 Å². The van der Waals surface area contributed by atoms with Crippen molar-refractivity contribution in [2.24, 2.45) is 5.92 Å². The van der Waals surface area contributed by atoms with E-state index < -0.39 is 0 Å². The monoisotopic (exact) mass is 227 g/mol. The van der Waals surface area contributed by atoms with Crippen LogP contribution in [0.2, 0.25) is 0 Å². The summed E-state index contributed by atoms with van der Waals surface area (Å²) in [6, 6.07) is 7.60. The maximum Gasteiger partial charge on any atom is 0.136 e. The average Bonchev–Trinajstić information content (AvgIpc) is 2.93. The number of nitriles is 1. The van der Waals surface area contributed by atoms with Crippen LogP contribution in [0.4, 0.5) is 0 Å². The summed E-state index contributed by atoms with van der Waals surface area (Å²) in [7, 11) is 0. The molecule has 4 nitrogen and oxygen atoms in total. The van der Waals surface area contributed by atoms with Crippen LogP contribution < -0.4 is 0 Å². The summed E-state index contributed by atoms with van der Waals surface area (Å²) in [5.74, 6) is 1.37. The molecule has 86 valence electrons. The number of H-pyrrole nitrogens is 1. The van der Waals surface area contributed by atoms with Crippen LogP contribution in [-0.4, -0.2) is 16.6 Å². The van der Waals surface area contributed by atoms with Gasteiger partial charge in [-0.3, -0.25) is 0 Å². The molecule has 2 atom stereocenters. The van der Waals surface area contributed by atoms with Crippen LogP contribution in [0.25, 0.3) is 11.0 Å². The molecular weight excluding hydrogens is 214 g/mol. The number of nitrogens with one attached hydrogen (secondary N) is 1. The third-order valence-corrected chi connectivity index (χ3v) is 3.29. The van der Waals surface area contributed by atoms with Gasteiger partial charge >= 0.3 is 0 Å². The number of rotatable bonds is 1. The topological polar surface area (TPSA) is 61.7 Å². The van der Waals surface area contributed by atoms with Gasteiger partial charge in [-0.05, 0) is 30.5 Å². The number of nitrogens with zero attached hydrogens (tertiary/aromatic N) is 2. The molecule has 1 aliphatic heterocycles. The zero-order chi connectivity index (χ0) is 11.8. The fourth-order valence-corrected chi connectivity index (χ4v) is 2.28. The molecule has 17 heavy (non-hydrogen) atoms. The maximum absolute atomic E-state index is 8.85. The Bertz CT molecular complexity index is 596. The number of ether oxygens (including phenoxy) is 1. The van der Waals surface area contributed by atoms with E-state index in [-0.39, 0.29) is 6.10 Å². The standard InChI is InChI=1S/C13H13N3O/c1-8-4-5-17-12(8)13-15-10-3-2-9(7-14)6-11(10)16-13/h2-3,6,8,12H,4-5H2,1H3,(H,15,16). The van der Waals surface area contributed by atoms with Crippen LogP contribution in [-0.2, 0) is 4.74 Å². The molecule has 1 saturated heterocycles. The molecule has 0 aliphatic carbocycles. The first kappa shape index (κ1) is 10.3. The molecule has 4 heteroatoms. The number of benzene rings is 1. The highest BCUT2D eigenvalue weighted by atomic mass is 16.5. The summed E-state index contributed by atoms with van der Waals surface area (Å²) in [6.07, 6.45) is 1.14. The van der Waals surface area contributed by atoms with Crippen LogP contribution in [0.3, 0.4) is 0 Å². The molecular formula is C13H13N3O. The highest BCUT2D eigenvalue weighted by Crippen LogP contribution is 2.33. The predicted molar refractivity (Wildman–Crippen MR) is 63.3 cm³/mol. The third kappa shape index (κ3) is 1.69. The van der Waals surface area contributed by atoms with Gasteiger partial charge in [0.2, 0.25) is 0 Å². The fourth-order valence-electron chi connectivity index (χ4n) is 2.28. The Hall–Kier alpha value is -1.86. The van der Waals surface area contributed by atoms with Crippen LogP contribution in [0, 0.1) is 17.2 Å². The number of aromatic amines is 1. The van der Waals surface area contributed by atoms with Crippen LogP contribution in [0.5, 0.6) is 0 Å². The zero-order valence-electron chi connectivity index (χ0n) is 9.60. The van der Waals surface area contributed by atoms with E-state index >= 15 is 0 Å². The molecule has 1 fully saturated rings. The van der Waals surface area contributed by atoms with E-state index in [1.54, 1.807) is 6.07 Å². The van der Waals surface area contributed by atoms with Gasteiger partial charge in [-0.15, -0.1) is 0 Å². The molecule has 1 aromatic carbocycles. The van der Waals surface area contributed by atoms with Gasteiger partial charge in [0.1, 0.15) is 11.9 Å². The second-order valence-corrected chi connectivity index (χ2v) is 4.52. The minimum absolute atomic E-state index is 0.0629. The largest absolute Gasteiger partial charge is 0.370 e. The minimum Gasteiger partial charge on any atom is -0.370 e. The second-order valence-electron chi connectivity index (χ2n) is 4.52. The first-order valence-electron chi connectivity index (χ1n) is 5.79. The molecule has 2 heterocycles. The zero-order valence-corrected chi connectivity index (χ0v) is 9.60. The van der Waals surface area contributed by atoms with Gasteiger partial charge in [0, 0.05) is 6.61 Å². The molecule has 2 unspecified atom stereocenters. The van der Waals surface area contributed by atoms with Crippen molar-refractivity contribution >= 4 is 11.0 Å². The first-order valence-corrected chi connectivity index (χ1v) is 5.79. The lowest BCUT2D eigenvalue weighted by atomic mass is 10.0. The number of hydrogen-bond acceptors (Lipinski definition) is 3. The smallest absolute Gasteiger partial charge is 0.136 e. The predicted octanol–water partition coefficient (Wildman–Crippen LogP) is 2.53. The Morgan fingerprint density at radius 2 is 2.41 bits per heavy atom.